The van der Waals surface area contributed by atoms with Gasteiger partial charge in [0.05, 0.1) is 0 Å². The Morgan fingerprint density at radius 1 is 1.15 bits per heavy atom. The van der Waals surface area contributed by atoms with E-state index in [1.807, 2.05) is 22.9 Å². The lowest BCUT2D eigenvalue weighted by molar-refractivity contribution is 0.0933. The van der Waals surface area contributed by atoms with Crippen LogP contribution in [-0.4, -0.2) is 26.7 Å². The summed E-state index contributed by atoms with van der Waals surface area (Å²) in [6.07, 6.45) is 4.54. The van der Waals surface area contributed by atoms with Crippen molar-refractivity contribution in [3.05, 3.63) is 69.9 Å². The van der Waals surface area contributed by atoms with Gasteiger partial charge in [0.2, 0.25) is 0 Å². The molecule has 0 spiro atoms. The smallest absolute Gasteiger partial charge is 0.252 e. The summed E-state index contributed by atoms with van der Waals surface area (Å²) in [7, 11) is 0. The molecule has 0 bridgehead atoms. The molecule has 4 rings (SSSR count). The molecule has 1 aromatic carbocycles. The fraction of sp³-hybridized carbons (Fsp3) is 0.350. The number of hydrogen-bond donors (Lipinski definition) is 1. The van der Waals surface area contributed by atoms with Crippen LogP contribution in [0.1, 0.15) is 40.4 Å². The van der Waals surface area contributed by atoms with Gasteiger partial charge in [-0.1, -0.05) is 30.3 Å². The van der Waals surface area contributed by atoms with E-state index in [0.717, 1.165) is 55.9 Å². The largest absolute Gasteiger partial charge is 0.349 e. The SMILES string of the molecule is O=C(NC1CCc2nnc(CCc3ccccc3)n2CC1)c1ccsc1. The van der Waals surface area contributed by atoms with Gasteiger partial charge in [-0.15, -0.1) is 10.2 Å². The molecule has 1 atom stereocenters. The van der Waals surface area contributed by atoms with E-state index in [1.54, 1.807) is 11.3 Å². The number of nitrogens with zero attached hydrogens (tertiary/aromatic N) is 3. The van der Waals surface area contributed by atoms with Gasteiger partial charge in [-0.05, 0) is 36.3 Å². The molecule has 0 fully saturated rings. The fourth-order valence-electron chi connectivity index (χ4n) is 3.44. The van der Waals surface area contributed by atoms with E-state index in [0.29, 0.717) is 0 Å². The molecule has 134 valence electrons. The Bertz CT molecular complexity index is 857. The quantitative estimate of drug-likeness (QED) is 0.754. The maximum Gasteiger partial charge on any atom is 0.252 e. The molecule has 1 N–H and O–H groups in total. The molecule has 26 heavy (non-hydrogen) atoms. The molecule has 0 aliphatic carbocycles. The molecule has 1 aliphatic heterocycles. The van der Waals surface area contributed by atoms with Gasteiger partial charge >= 0.3 is 0 Å². The van der Waals surface area contributed by atoms with Crippen LogP contribution in [0.3, 0.4) is 0 Å². The number of aryl methyl sites for hydroxylation is 3. The highest BCUT2D eigenvalue weighted by Gasteiger charge is 2.21. The minimum atomic E-state index is 0.0261. The van der Waals surface area contributed by atoms with E-state index >= 15 is 0 Å². The van der Waals surface area contributed by atoms with E-state index in [-0.39, 0.29) is 11.9 Å². The molecule has 5 nitrogen and oxygen atoms in total. The summed E-state index contributed by atoms with van der Waals surface area (Å²) in [6, 6.07) is 12.5. The zero-order valence-electron chi connectivity index (χ0n) is 14.6. The summed E-state index contributed by atoms with van der Waals surface area (Å²) < 4.78 is 2.25. The summed E-state index contributed by atoms with van der Waals surface area (Å²) >= 11 is 1.55. The van der Waals surface area contributed by atoms with Crippen molar-refractivity contribution in [2.24, 2.45) is 0 Å². The van der Waals surface area contributed by atoms with Crippen LogP contribution >= 0.6 is 11.3 Å². The third kappa shape index (κ3) is 3.85. The van der Waals surface area contributed by atoms with Crippen molar-refractivity contribution in [2.45, 2.75) is 44.7 Å². The minimum absolute atomic E-state index is 0.0261. The average molecular weight is 366 g/mol. The van der Waals surface area contributed by atoms with Crippen LogP contribution in [-0.2, 0) is 25.8 Å². The highest BCUT2D eigenvalue weighted by Crippen LogP contribution is 2.17. The van der Waals surface area contributed by atoms with Crippen molar-refractivity contribution in [2.75, 3.05) is 0 Å². The monoisotopic (exact) mass is 366 g/mol. The predicted octanol–water partition coefficient (Wildman–Crippen LogP) is 3.26. The molecule has 0 radical (unpaired) electrons. The average Bonchev–Trinajstić information content (AvgIpc) is 3.29. The molecule has 1 unspecified atom stereocenters. The van der Waals surface area contributed by atoms with Gasteiger partial charge in [0.1, 0.15) is 11.6 Å². The topological polar surface area (TPSA) is 59.8 Å². The van der Waals surface area contributed by atoms with Crippen molar-refractivity contribution in [1.29, 1.82) is 0 Å². The molecule has 3 heterocycles. The van der Waals surface area contributed by atoms with Gasteiger partial charge < -0.3 is 9.88 Å². The van der Waals surface area contributed by atoms with Crippen LogP contribution in [0.2, 0.25) is 0 Å². The second-order valence-electron chi connectivity index (χ2n) is 6.68. The molecule has 1 aliphatic rings. The lowest BCUT2D eigenvalue weighted by atomic mass is 10.1. The third-order valence-corrected chi connectivity index (χ3v) is 5.60. The van der Waals surface area contributed by atoms with E-state index in [2.05, 4.69) is 44.3 Å². The summed E-state index contributed by atoms with van der Waals surface area (Å²) in [5.41, 5.74) is 2.07. The Morgan fingerprint density at radius 2 is 2.04 bits per heavy atom. The number of fused-ring (bicyclic) bond motifs is 1. The third-order valence-electron chi connectivity index (χ3n) is 4.92. The molecule has 0 saturated carbocycles. The Balaban J connectivity index is 1.37. The number of carbonyl (C=O) groups excluding carboxylic acids is 1. The number of benzene rings is 1. The first-order valence-electron chi connectivity index (χ1n) is 9.07. The van der Waals surface area contributed by atoms with Crippen molar-refractivity contribution in [3.63, 3.8) is 0 Å². The number of nitrogens with one attached hydrogen (secondary N) is 1. The van der Waals surface area contributed by atoms with Gasteiger partial charge in [0.15, 0.2) is 0 Å². The first kappa shape index (κ1) is 17.0. The number of hydrogen-bond acceptors (Lipinski definition) is 4. The zero-order valence-corrected chi connectivity index (χ0v) is 15.4. The van der Waals surface area contributed by atoms with Gasteiger partial charge in [-0.25, -0.2) is 0 Å². The van der Waals surface area contributed by atoms with Crippen molar-refractivity contribution >= 4 is 17.2 Å². The minimum Gasteiger partial charge on any atom is -0.349 e. The van der Waals surface area contributed by atoms with Gasteiger partial charge in [0.25, 0.3) is 5.91 Å². The van der Waals surface area contributed by atoms with Crippen LogP contribution in [0.5, 0.6) is 0 Å². The number of aromatic nitrogens is 3. The Kier molecular flexibility index (Phi) is 5.11. The Morgan fingerprint density at radius 3 is 2.85 bits per heavy atom. The fourth-order valence-corrected chi connectivity index (χ4v) is 4.08. The highest BCUT2D eigenvalue weighted by molar-refractivity contribution is 7.08. The number of amides is 1. The molecule has 0 saturated heterocycles. The first-order valence-corrected chi connectivity index (χ1v) is 10.0. The van der Waals surface area contributed by atoms with E-state index < -0.39 is 0 Å². The maximum absolute atomic E-state index is 12.3. The van der Waals surface area contributed by atoms with Crippen LogP contribution in [0.4, 0.5) is 0 Å². The molecule has 6 heteroatoms. The van der Waals surface area contributed by atoms with E-state index in [1.165, 1.54) is 5.56 Å². The molecule has 2 aromatic heterocycles. The van der Waals surface area contributed by atoms with Crippen molar-refractivity contribution < 1.29 is 4.79 Å². The normalized spacial score (nSPS) is 16.7. The summed E-state index contributed by atoms with van der Waals surface area (Å²) in [6.45, 7) is 0.862. The standard InChI is InChI=1S/C20H22N4OS/c25-20(16-11-13-26-14-16)21-17-7-9-19-23-22-18(24(19)12-10-17)8-6-15-4-2-1-3-5-15/h1-5,11,13-14,17H,6-10,12H2,(H,21,25). The maximum atomic E-state index is 12.3. The number of carbonyl (C=O) groups is 1. The van der Waals surface area contributed by atoms with Gasteiger partial charge in [-0.3, -0.25) is 4.79 Å². The van der Waals surface area contributed by atoms with Gasteiger partial charge in [0, 0.05) is 36.4 Å². The lowest BCUT2D eigenvalue weighted by Gasteiger charge is -2.15. The second-order valence-corrected chi connectivity index (χ2v) is 7.46. The zero-order chi connectivity index (χ0) is 17.8. The lowest BCUT2D eigenvalue weighted by Crippen LogP contribution is -2.35. The second kappa shape index (κ2) is 7.83. The van der Waals surface area contributed by atoms with Crippen LogP contribution in [0.15, 0.2) is 47.2 Å². The summed E-state index contributed by atoms with van der Waals surface area (Å²) in [5.74, 6) is 2.12. The van der Waals surface area contributed by atoms with Crippen LogP contribution in [0.25, 0.3) is 0 Å². The van der Waals surface area contributed by atoms with E-state index in [4.69, 9.17) is 0 Å². The molecule has 3 aromatic rings. The first-order chi connectivity index (χ1) is 12.8. The highest BCUT2D eigenvalue weighted by atomic mass is 32.1. The molecule has 1 amide bonds. The van der Waals surface area contributed by atoms with E-state index in [9.17, 15) is 4.79 Å². The predicted molar refractivity (Wildman–Crippen MR) is 102 cm³/mol. The molecular weight excluding hydrogens is 344 g/mol. The Hall–Kier alpha value is -2.47. The number of rotatable bonds is 5. The summed E-state index contributed by atoms with van der Waals surface area (Å²) in [4.78, 5) is 12.3. The van der Waals surface area contributed by atoms with Crippen LogP contribution < -0.4 is 5.32 Å². The van der Waals surface area contributed by atoms with Crippen LogP contribution in [0, 0.1) is 0 Å². The Labute approximate surface area is 157 Å². The van der Waals surface area contributed by atoms with Crippen molar-refractivity contribution in [1.82, 2.24) is 20.1 Å². The summed E-state index contributed by atoms with van der Waals surface area (Å²) in [5, 5.41) is 15.8. The van der Waals surface area contributed by atoms with Crippen molar-refractivity contribution in [3.8, 4) is 0 Å². The van der Waals surface area contributed by atoms with Gasteiger partial charge in [-0.2, -0.15) is 11.3 Å². The number of thiophene rings is 1. The molecular formula is C20H22N4OS.